The number of amides is 1. The normalized spacial score (nSPS) is 13.2. The van der Waals surface area contributed by atoms with Crippen LogP contribution in [0.1, 0.15) is 17.5 Å². The van der Waals surface area contributed by atoms with Crippen LogP contribution < -0.4 is 14.4 Å². The highest BCUT2D eigenvalue weighted by atomic mass is 35.5. The number of fused-ring (bicyclic) bond motifs is 1. The van der Waals surface area contributed by atoms with Gasteiger partial charge in [-0.15, -0.1) is 0 Å². The minimum absolute atomic E-state index is 0.0714. The van der Waals surface area contributed by atoms with Crippen LogP contribution in [0.2, 0.25) is 5.02 Å². The number of benzene rings is 3. The van der Waals surface area contributed by atoms with E-state index in [9.17, 15) is 22.8 Å². The van der Waals surface area contributed by atoms with Gasteiger partial charge in [0.2, 0.25) is 5.91 Å². The zero-order valence-electron chi connectivity index (χ0n) is 19.4. The van der Waals surface area contributed by atoms with Gasteiger partial charge in [-0.1, -0.05) is 11.6 Å². The second-order valence-corrected chi connectivity index (χ2v) is 9.00. The van der Waals surface area contributed by atoms with E-state index in [1.54, 1.807) is 31.3 Å². The summed E-state index contributed by atoms with van der Waals surface area (Å²) in [7, 11) is 1.54. The molecule has 1 aliphatic rings. The smallest absolute Gasteiger partial charge is 0.230 e. The summed E-state index contributed by atoms with van der Waals surface area (Å²) >= 11 is 5.94. The van der Waals surface area contributed by atoms with Gasteiger partial charge in [0.25, 0.3) is 0 Å². The number of carbonyl (C=O) groups is 2. The number of ketones is 1. The summed E-state index contributed by atoms with van der Waals surface area (Å²) in [6.07, 6.45) is -0.505. The summed E-state index contributed by atoms with van der Waals surface area (Å²) in [5.74, 6) is -3.34. The first-order chi connectivity index (χ1) is 17.2. The maximum atomic E-state index is 14.1. The van der Waals surface area contributed by atoms with Gasteiger partial charge < -0.3 is 14.4 Å². The largest absolute Gasteiger partial charge is 0.486 e. The van der Waals surface area contributed by atoms with Crippen LogP contribution in [0.5, 0.6) is 11.5 Å². The van der Waals surface area contributed by atoms with Gasteiger partial charge >= 0.3 is 0 Å². The molecule has 1 unspecified atom stereocenters. The van der Waals surface area contributed by atoms with E-state index in [0.29, 0.717) is 22.0 Å². The van der Waals surface area contributed by atoms with Gasteiger partial charge in [-0.05, 0) is 54.4 Å². The average molecular weight is 518 g/mol. The molecule has 9 heteroatoms. The molecule has 0 saturated carbocycles. The maximum Gasteiger partial charge on any atom is 0.230 e. The van der Waals surface area contributed by atoms with Crippen molar-refractivity contribution in [2.45, 2.75) is 19.3 Å². The zero-order valence-corrected chi connectivity index (χ0v) is 20.2. The Labute approximate surface area is 211 Å². The second kappa shape index (κ2) is 11.0. The predicted molar refractivity (Wildman–Crippen MR) is 129 cm³/mol. The predicted octanol–water partition coefficient (Wildman–Crippen LogP) is 5.55. The monoisotopic (exact) mass is 517 g/mol. The van der Waals surface area contributed by atoms with Crippen LogP contribution in [-0.4, -0.2) is 32.0 Å². The summed E-state index contributed by atoms with van der Waals surface area (Å²) in [6.45, 7) is 0.527. The molecule has 5 nitrogen and oxygen atoms in total. The Kier molecular flexibility index (Phi) is 7.84. The van der Waals surface area contributed by atoms with Crippen LogP contribution >= 0.6 is 11.6 Å². The van der Waals surface area contributed by atoms with Gasteiger partial charge in [-0.25, -0.2) is 13.2 Å². The third-order valence-corrected chi connectivity index (χ3v) is 6.10. The third-order valence-electron chi connectivity index (χ3n) is 5.84. The van der Waals surface area contributed by atoms with E-state index in [1.165, 1.54) is 17.0 Å². The fourth-order valence-corrected chi connectivity index (χ4v) is 4.33. The molecule has 36 heavy (non-hydrogen) atoms. The number of hydrogen-bond donors (Lipinski definition) is 0. The van der Waals surface area contributed by atoms with Gasteiger partial charge in [-0.3, -0.25) is 9.59 Å². The highest BCUT2D eigenvalue weighted by Crippen LogP contribution is 2.35. The zero-order chi connectivity index (χ0) is 25.8. The van der Waals surface area contributed by atoms with Crippen LogP contribution in [0, 0.1) is 23.4 Å². The highest BCUT2D eigenvalue weighted by Gasteiger charge is 2.28. The average Bonchev–Trinajstić information content (AvgIpc) is 2.82. The van der Waals surface area contributed by atoms with Crippen molar-refractivity contribution in [1.82, 2.24) is 0 Å². The van der Waals surface area contributed by atoms with Crippen molar-refractivity contribution in [1.29, 1.82) is 0 Å². The molecule has 1 aliphatic heterocycles. The summed E-state index contributed by atoms with van der Waals surface area (Å²) < 4.78 is 52.7. The van der Waals surface area contributed by atoms with E-state index in [0.717, 1.165) is 18.2 Å². The Morgan fingerprint density at radius 1 is 0.944 bits per heavy atom. The molecule has 1 atom stereocenters. The van der Waals surface area contributed by atoms with Crippen molar-refractivity contribution in [3.8, 4) is 11.5 Å². The van der Waals surface area contributed by atoms with E-state index in [1.807, 2.05) is 0 Å². The van der Waals surface area contributed by atoms with Gasteiger partial charge in [0, 0.05) is 54.2 Å². The molecule has 1 heterocycles. The number of carbonyl (C=O) groups excluding carboxylic acids is 2. The van der Waals surface area contributed by atoms with Crippen molar-refractivity contribution in [2.75, 3.05) is 25.2 Å². The Bertz CT molecular complexity index is 1260. The number of Topliss-reactive ketones (excluding diaryl/α,β-unsaturated/α-hetero) is 1. The van der Waals surface area contributed by atoms with Gasteiger partial charge in [0.05, 0.1) is 0 Å². The van der Waals surface area contributed by atoms with Crippen molar-refractivity contribution < 1.29 is 32.2 Å². The molecule has 1 amide bonds. The topological polar surface area (TPSA) is 55.8 Å². The van der Waals surface area contributed by atoms with Gasteiger partial charge in [-0.2, -0.15) is 0 Å². The molecule has 0 radical (unpaired) electrons. The number of ether oxygens (including phenoxy) is 2. The third kappa shape index (κ3) is 6.18. The number of nitrogens with zero attached hydrogens (tertiary/aromatic N) is 1. The lowest BCUT2D eigenvalue weighted by Gasteiger charge is -2.24. The minimum Gasteiger partial charge on any atom is -0.486 e. The Morgan fingerprint density at radius 3 is 2.28 bits per heavy atom. The molecular weight excluding hydrogens is 495 g/mol. The molecule has 0 aromatic heterocycles. The second-order valence-electron chi connectivity index (χ2n) is 8.56. The molecule has 0 N–H and O–H groups in total. The molecule has 0 saturated heterocycles. The summed E-state index contributed by atoms with van der Waals surface area (Å²) in [6, 6.07) is 11.9. The summed E-state index contributed by atoms with van der Waals surface area (Å²) in [4.78, 5) is 27.9. The van der Waals surface area contributed by atoms with E-state index in [4.69, 9.17) is 21.1 Å². The van der Waals surface area contributed by atoms with Crippen molar-refractivity contribution in [3.63, 3.8) is 0 Å². The van der Waals surface area contributed by atoms with Crippen LogP contribution in [0.3, 0.4) is 0 Å². The summed E-state index contributed by atoms with van der Waals surface area (Å²) in [5.41, 5.74) is 1.09. The quantitative estimate of drug-likeness (QED) is 0.393. The molecule has 0 fully saturated rings. The van der Waals surface area contributed by atoms with Crippen molar-refractivity contribution >= 4 is 29.0 Å². The van der Waals surface area contributed by atoms with Crippen molar-refractivity contribution in [2.24, 2.45) is 5.92 Å². The Morgan fingerprint density at radius 2 is 1.58 bits per heavy atom. The first-order valence-electron chi connectivity index (χ1n) is 11.3. The van der Waals surface area contributed by atoms with Crippen LogP contribution in [-0.2, 0) is 22.4 Å². The molecule has 0 spiro atoms. The Hall–Kier alpha value is -3.52. The number of anilines is 1. The Balaban J connectivity index is 1.58. The highest BCUT2D eigenvalue weighted by molar-refractivity contribution is 6.30. The fourth-order valence-electron chi connectivity index (χ4n) is 4.21. The molecule has 3 aromatic rings. The molecule has 188 valence electrons. The molecule has 0 bridgehead atoms. The van der Waals surface area contributed by atoms with Crippen LogP contribution in [0.25, 0.3) is 0 Å². The van der Waals surface area contributed by atoms with Crippen molar-refractivity contribution in [3.05, 3.63) is 88.2 Å². The van der Waals surface area contributed by atoms with E-state index in [2.05, 4.69) is 0 Å². The van der Waals surface area contributed by atoms with E-state index in [-0.39, 0.29) is 49.6 Å². The SMILES string of the molecule is CN(C(=O)C(CC(=O)Cc1cc(F)cc2c1OCCO2)Cc1cc(F)cc(F)c1)c1ccc(Cl)cc1. The minimum atomic E-state index is -0.930. The molecule has 0 aliphatic carbocycles. The summed E-state index contributed by atoms with van der Waals surface area (Å²) in [5, 5.41) is 0.492. The van der Waals surface area contributed by atoms with Gasteiger partial charge in [0.15, 0.2) is 11.5 Å². The van der Waals surface area contributed by atoms with E-state index < -0.39 is 29.3 Å². The molecular formula is C27H23ClF3NO4. The lowest BCUT2D eigenvalue weighted by Crippen LogP contribution is -2.35. The van der Waals surface area contributed by atoms with E-state index >= 15 is 0 Å². The number of hydrogen-bond acceptors (Lipinski definition) is 4. The maximum absolute atomic E-state index is 14.1. The first-order valence-corrected chi connectivity index (χ1v) is 11.6. The lowest BCUT2D eigenvalue weighted by atomic mass is 9.90. The number of halogens is 4. The van der Waals surface area contributed by atoms with Crippen LogP contribution in [0.4, 0.5) is 18.9 Å². The molecule has 3 aromatic carbocycles. The fraction of sp³-hybridized carbons (Fsp3) is 0.259. The lowest BCUT2D eigenvalue weighted by molar-refractivity contribution is -0.127. The van der Waals surface area contributed by atoms with Gasteiger partial charge in [0.1, 0.15) is 36.4 Å². The standard InChI is InChI=1S/C27H23ClF3NO4/c1-32(23-4-2-19(28)3-5-23)27(34)18(8-16-9-20(29)14-21(30)10-16)13-24(33)12-17-11-22(31)15-25-26(17)36-7-6-35-25/h2-5,9-11,14-15,18H,6-8,12-13H2,1H3. The number of rotatable bonds is 8. The molecule has 4 rings (SSSR count). The van der Waals surface area contributed by atoms with Crippen LogP contribution in [0.15, 0.2) is 54.6 Å². The first kappa shape index (κ1) is 25.6.